The number of carbonyl (C=O) groups excluding carboxylic acids is 1. The Bertz CT molecular complexity index is 484. The molecule has 0 fully saturated rings. The summed E-state index contributed by atoms with van der Waals surface area (Å²) in [4.78, 5) is 21.9. The second-order valence-electron chi connectivity index (χ2n) is 1.58. The SMILES string of the molecule is [2H]C([2H])([2H])C([2H])([2H])C([2H])([2H])C([2H])([2H])C([2H])([2H])C(=O)NCC(=O)O. The molecule has 2 N–H and O–H groups in total. The molecule has 0 heterocycles. The van der Waals surface area contributed by atoms with Crippen molar-refractivity contribution < 1.29 is 29.8 Å². The van der Waals surface area contributed by atoms with Gasteiger partial charge < -0.3 is 10.4 Å². The molecule has 0 radical (unpaired) electrons. The van der Waals surface area contributed by atoms with Gasteiger partial charge in [0.25, 0.3) is 0 Å². The summed E-state index contributed by atoms with van der Waals surface area (Å²) in [5.41, 5.74) is 0. The van der Waals surface area contributed by atoms with Crippen LogP contribution in [0.25, 0.3) is 0 Å². The van der Waals surface area contributed by atoms with Crippen molar-refractivity contribution in [3.8, 4) is 0 Å². The highest BCUT2D eigenvalue weighted by Gasteiger charge is 2.02. The third-order valence-electron chi connectivity index (χ3n) is 0.701. The molecule has 0 aliphatic carbocycles. The predicted octanol–water partition coefficient (Wildman–Crippen LogP) is 0.767. The molecule has 0 saturated carbocycles. The number of carbonyl (C=O) groups is 2. The molecule has 0 aromatic rings. The van der Waals surface area contributed by atoms with E-state index in [1.165, 1.54) is 5.32 Å². The van der Waals surface area contributed by atoms with E-state index in [0.717, 1.165) is 0 Å². The minimum absolute atomic E-state index is 1.08. The van der Waals surface area contributed by atoms with E-state index in [1.54, 1.807) is 0 Å². The molecule has 0 spiro atoms. The van der Waals surface area contributed by atoms with Gasteiger partial charge in [0.15, 0.2) is 0 Å². The summed E-state index contributed by atoms with van der Waals surface area (Å²) in [6.45, 7) is -4.72. The normalized spacial score (nSPS) is 28.8. The second-order valence-corrected chi connectivity index (χ2v) is 1.58. The number of amides is 1. The molecule has 0 saturated heterocycles. The van der Waals surface area contributed by atoms with E-state index in [0.29, 0.717) is 0 Å². The molecule has 0 bridgehead atoms. The van der Waals surface area contributed by atoms with Gasteiger partial charge in [0, 0.05) is 21.5 Å². The Morgan fingerprint density at radius 2 is 2.33 bits per heavy atom. The minimum Gasteiger partial charge on any atom is -0.480 e. The molecule has 12 heavy (non-hydrogen) atoms. The summed E-state index contributed by atoms with van der Waals surface area (Å²) in [7, 11) is 0. The van der Waals surface area contributed by atoms with Crippen molar-refractivity contribution in [3.05, 3.63) is 0 Å². The maximum atomic E-state index is 11.6. The lowest BCUT2D eigenvalue weighted by Gasteiger charge is -2.00. The first kappa shape index (κ1) is 2.47. The quantitative estimate of drug-likeness (QED) is 0.640. The fourth-order valence-corrected chi connectivity index (χ4v) is 0.319. The monoisotopic (exact) mass is 184 g/mol. The Morgan fingerprint density at radius 1 is 1.58 bits per heavy atom. The molecule has 0 aliphatic heterocycles. The van der Waals surface area contributed by atoms with Crippen LogP contribution in [0.5, 0.6) is 0 Å². The standard InChI is InChI=1S/C8H15NO3/c1-2-3-4-5-7(10)9-6-8(11)12/h2-6H2,1H3,(H,9,10)(H,11,12)/i1D3,2D2,3D2,4D2,5D2. The Morgan fingerprint density at radius 3 is 2.92 bits per heavy atom. The average molecular weight is 184 g/mol. The van der Waals surface area contributed by atoms with Gasteiger partial charge in [0.1, 0.15) is 6.54 Å². The number of carboxylic acids is 1. The average Bonchev–Trinajstić information content (AvgIpc) is 2.33. The molecule has 0 unspecified atom stereocenters. The Balaban J connectivity index is 5.84. The first-order valence-electron chi connectivity index (χ1n) is 8.34. The highest BCUT2D eigenvalue weighted by Crippen LogP contribution is 1.97. The zero-order chi connectivity index (χ0) is 19.1. The maximum Gasteiger partial charge on any atom is 0.322 e. The van der Waals surface area contributed by atoms with Crippen molar-refractivity contribution >= 4 is 11.9 Å². The van der Waals surface area contributed by atoms with E-state index in [4.69, 9.17) is 20.2 Å². The first-order chi connectivity index (χ1) is 9.84. The van der Waals surface area contributed by atoms with Crippen molar-refractivity contribution in [2.45, 2.75) is 32.3 Å². The van der Waals surface area contributed by atoms with Gasteiger partial charge in [0.05, 0.1) is 0 Å². The van der Waals surface area contributed by atoms with Crippen molar-refractivity contribution in [1.29, 1.82) is 0 Å². The van der Waals surface area contributed by atoms with Crippen LogP contribution in [0.4, 0.5) is 0 Å². The van der Waals surface area contributed by atoms with E-state index in [2.05, 4.69) is 0 Å². The number of rotatable bonds is 6. The zero-order valence-corrected chi connectivity index (χ0v) is 5.97. The van der Waals surface area contributed by atoms with E-state index in [1.807, 2.05) is 0 Å². The van der Waals surface area contributed by atoms with E-state index in [9.17, 15) is 9.59 Å². The highest BCUT2D eigenvalue weighted by atomic mass is 16.4. The number of hydrogen-bond acceptors (Lipinski definition) is 2. The number of hydrogen-bond donors (Lipinski definition) is 2. The Kier molecular flexibility index (Phi) is 1.36. The summed E-state index contributed by atoms with van der Waals surface area (Å²) in [5.74, 6) is -3.43. The lowest BCUT2D eigenvalue weighted by molar-refractivity contribution is -0.137. The van der Waals surface area contributed by atoms with E-state index in [-0.39, 0.29) is 0 Å². The molecule has 0 rings (SSSR count). The molecule has 0 aromatic heterocycles. The van der Waals surface area contributed by atoms with Crippen LogP contribution in [0.3, 0.4) is 0 Å². The summed E-state index contributed by atoms with van der Waals surface area (Å²) in [6, 6.07) is 0. The Labute approximate surface area is 87.4 Å². The molecule has 70 valence electrons. The molecule has 0 aromatic carbocycles. The fraction of sp³-hybridized carbons (Fsp3) is 0.750. The van der Waals surface area contributed by atoms with Gasteiger partial charge in [-0.15, -0.1) is 0 Å². The molecular weight excluding hydrogens is 158 g/mol. The summed E-state index contributed by atoms with van der Waals surface area (Å²) >= 11 is 0. The van der Waals surface area contributed by atoms with Gasteiger partial charge in [0.2, 0.25) is 5.91 Å². The van der Waals surface area contributed by atoms with Crippen molar-refractivity contribution in [2.75, 3.05) is 6.54 Å². The van der Waals surface area contributed by atoms with Crippen molar-refractivity contribution in [3.63, 3.8) is 0 Å². The van der Waals surface area contributed by atoms with Gasteiger partial charge in [-0.2, -0.15) is 0 Å². The molecule has 4 heteroatoms. The molecule has 4 nitrogen and oxygen atoms in total. The second kappa shape index (κ2) is 6.64. The topological polar surface area (TPSA) is 66.4 Å². The summed E-state index contributed by atoms with van der Waals surface area (Å²) in [5, 5.41) is 9.89. The molecule has 1 amide bonds. The van der Waals surface area contributed by atoms with Crippen LogP contribution in [0.2, 0.25) is 0 Å². The molecular formula is C8H15NO3. The van der Waals surface area contributed by atoms with E-state index < -0.39 is 50.8 Å². The molecule has 0 atom stereocenters. The molecule has 0 aliphatic rings. The maximum absolute atomic E-state index is 11.6. The van der Waals surface area contributed by atoms with Crippen LogP contribution in [-0.4, -0.2) is 23.5 Å². The third-order valence-corrected chi connectivity index (χ3v) is 0.701. The summed E-state index contributed by atoms with van der Waals surface area (Å²) in [6.07, 6.45) is -15.5. The third kappa shape index (κ3) is 7.05. The fourth-order valence-electron chi connectivity index (χ4n) is 0.319. The Hall–Kier alpha value is -1.06. The van der Waals surface area contributed by atoms with Crippen LogP contribution in [-0.2, 0) is 9.59 Å². The van der Waals surface area contributed by atoms with Crippen molar-refractivity contribution in [2.24, 2.45) is 0 Å². The largest absolute Gasteiger partial charge is 0.480 e. The number of aliphatic carboxylic acids is 1. The zero-order valence-electron chi connectivity index (χ0n) is 17.0. The van der Waals surface area contributed by atoms with Gasteiger partial charge in [-0.3, -0.25) is 9.59 Å². The highest BCUT2D eigenvalue weighted by molar-refractivity contribution is 5.80. The van der Waals surface area contributed by atoms with Crippen LogP contribution in [0, 0.1) is 0 Å². The van der Waals surface area contributed by atoms with Gasteiger partial charge in [-0.05, 0) is 6.37 Å². The summed E-state index contributed by atoms with van der Waals surface area (Å²) < 4.78 is 80.3. The van der Waals surface area contributed by atoms with Crippen LogP contribution in [0.1, 0.15) is 47.4 Å². The van der Waals surface area contributed by atoms with Gasteiger partial charge in [-0.25, -0.2) is 0 Å². The first-order valence-corrected chi connectivity index (χ1v) is 2.84. The van der Waals surface area contributed by atoms with Crippen LogP contribution < -0.4 is 5.32 Å². The number of nitrogens with one attached hydrogen (secondary N) is 1. The smallest absolute Gasteiger partial charge is 0.322 e. The predicted molar refractivity (Wildman–Crippen MR) is 44.8 cm³/mol. The van der Waals surface area contributed by atoms with Gasteiger partial charge >= 0.3 is 5.97 Å². The lowest BCUT2D eigenvalue weighted by Crippen LogP contribution is -2.28. The van der Waals surface area contributed by atoms with Crippen molar-refractivity contribution in [1.82, 2.24) is 5.32 Å². The minimum atomic E-state index is -3.95. The van der Waals surface area contributed by atoms with Crippen LogP contribution in [0.15, 0.2) is 0 Å². The van der Waals surface area contributed by atoms with Gasteiger partial charge in [-0.1, -0.05) is 19.6 Å². The number of carboxylic acid groups (broad SMARTS) is 1. The lowest BCUT2D eigenvalue weighted by atomic mass is 10.2. The van der Waals surface area contributed by atoms with E-state index >= 15 is 0 Å². The van der Waals surface area contributed by atoms with Crippen LogP contribution >= 0.6 is 0 Å².